The molecular formula is C26H23ClNiP2. The van der Waals surface area contributed by atoms with Crippen molar-refractivity contribution >= 4 is 47.3 Å². The molecular weight excluding hydrogens is 468 g/mol. The number of rotatable bonds is 8. The molecule has 0 bridgehead atoms. The standard InChI is InChI=1S/C26H23P2.ClH.Ni/c1-5-13-23(14-6-1)27(24-15-7-2-8-16-24)21-22-28(25-17-9-3-10-18-25)26-19-11-4-12-20-26;;/h1-21H,22H2;1H;/q;;+1/p-1. The molecule has 0 aliphatic carbocycles. The van der Waals surface area contributed by atoms with Gasteiger partial charge in [0.25, 0.3) is 0 Å². The van der Waals surface area contributed by atoms with Crippen LogP contribution >= 0.6 is 26.0 Å². The van der Waals surface area contributed by atoms with E-state index in [4.69, 9.17) is 10.2 Å². The summed E-state index contributed by atoms with van der Waals surface area (Å²) in [6.07, 6.45) is 1.06. The van der Waals surface area contributed by atoms with E-state index in [-0.39, 0.29) is 0 Å². The number of halogens is 1. The van der Waals surface area contributed by atoms with Crippen molar-refractivity contribution in [1.29, 1.82) is 0 Å². The van der Waals surface area contributed by atoms with E-state index < -0.39 is 15.8 Å². The Morgan fingerprint density at radius 3 is 1.20 bits per heavy atom. The average molecular weight is 492 g/mol. The van der Waals surface area contributed by atoms with Gasteiger partial charge in [0.15, 0.2) is 0 Å². The van der Waals surface area contributed by atoms with Crippen LogP contribution in [0.15, 0.2) is 121 Å². The Kier molecular flexibility index (Phi) is 8.14. The fraction of sp³-hybridized carbons (Fsp3) is 0.0769. The van der Waals surface area contributed by atoms with Gasteiger partial charge in [-0.05, 0) is 0 Å². The zero-order chi connectivity index (χ0) is 20.6. The molecule has 4 aromatic rings. The van der Waals surface area contributed by atoms with Crippen molar-refractivity contribution in [2.24, 2.45) is 0 Å². The summed E-state index contributed by atoms with van der Waals surface area (Å²) < 4.78 is 0.338. The van der Waals surface area contributed by atoms with Crippen LogP contribution in [0, 0.1) is 0 Å². The Hall–Kier alpha value is -1.48. The van der Waals surface area contributed by atoms with Crippen molar-refractivity contribution in [2.75, 3.05) is 6.16 Å². The van der Waals surface area contributed by atoms with Crippen LogP contribution in [0.25, 0.3) is 0 Å². The third-order valence-corrected chi connectivity index (χ3v) is 13.1. The van der Waals surface area contributed by atoms with Gasteiger partial charge in [-0.15, -0.1) is 0 Å². The molecule has 0 radical (unpaired) electrons. The number of hydrogen-bond acceptors (Lipinski definition) is 0. The first-order valence-electron chi connectivity index (χ1n) is 9.82. The molecule has 0 saturated carbocycles. The molecule has 0 aliphatic rings. The van der Waals surface area contributed by atoms with Crippen LogP contribution in [0.1, 0.15) is 0 Å². The maximum absolute atomic E-state index is 6.65. The fourth-order valence-corrected chi connectivity index (χ4v) is 11.9. The van der Waals surface area contributed by atoms with E-state index in [0.29, 0.717) is 4.63 Å². The molecule has 1 atom stereocenters. The van der Waals surface area contributed by atoms with Gasteiger partial charge in [0.05, 0.1) is 0 Å². The van der Waals surface area contributed by atoms with E-state index >= 15 is 0 Å². The van der Waals surface area contributed by atoms with E-state index in [0.717, 1.165) is 6.16 Å². The van der Waals surface area contributed by atoms with Gasteiger partial charge in [-0.1, -0.05) is 0 Å². The molecule has 0 fully saturated rings. The van der Waals surface area contributed by atoms with E-state index in [1.165, 1.54) is 34.8 Å². The van der Waals surface area contributed by atoms with Crippen molar-refractivity contribution in [3.05, 3.63) is 121 Å². The van der Waals surface area contributed by atoms with Crippen LogP contribution in [0.5, 0.6) is 0 Å². The first kappa shape index (κ1) is 21.7. The Labute approximate surface area is 192 Å². The first-order valence-corrected chi connectivity index (χ1v) is 14.7. The van der Waals surface area contributed by atoms with Gasteiger partial charge in [-0.25, -0.2) is 0 Å². The summed E-state index contributed by atoms with van der Waals surface area (Å²) in [6, 6.07) is 43.6. The normalized spacial score (nSPS) is 12.4. The van der Waals surface area contributed by atoms with Crippen LogP contribution in [-0.4, -0.2) is 10.8 Å². The van der Waals surface area contributed by atoms with Gasteiger partial charge in [0.1, 0.15) is 0 Å². The summed E-state index contributed by atoms with van der Waals surface area (Å²) in [5.74, 6) is 0. The maximum atomic E-state index is 6.65. The van der Waals surface area contributed by atoms with E-state index in [2.05, 4.69) is 121 Å². The second-order valence-electron chi connectivity index (χ2n) is 6.79. The minimum atomic E-state index is -0.571. The summed E-state index contributed by atoms with van der Waals surface area (Å²) >= 11 is 1.29. The second-order valence-corrected chi connectivity index (χ2v) is 13.3. The fourth-order valence-electron chi connectivity index (χ4n) is 3.48. The summed E-state index contributed by atoms with van der Waals surface area (Å²) in [7, 11) is 5.58. The molecule has 0 nitrogen and oxygen atoms in total. The Morgan fingerprint density at radius 1 is 0.533 bits per heavy atom. The molecule has 0 aromatic heterocycles. The summed E-state index contributed by atoms with van der Waals surface area (Å²) in [5, 5.41) is 5.60. The quantitative estimate of drug-likeness (QED) is 0.215. The van der Waals surface area contributed by atoms with Crippen molar-refractivity contribution in [2.45, 2.75) is 4.63 Å². The van der Waals surface area contributed by atoms with Crippen molar-refractivity contribution < 1.29 is 13.5 Å². The van der Waals surface area contributed by atoms with Crippen LogP contribution in [0.4, 0.5) is 0 Å². The Balaban J connectivity index is 1.74. The number of hydrogen-bond donors (Lipinski definition) is 0. The van der Waals surface area contributed by atoms with E-state index in [1.54, 1.807) is 0 Å². The predicted octanol–water partition coefficient (Wildman–Crippen LogP) is 5.81. The molecule has 1 unspecified atom stereocenters. The number of benzene rings is 4. The molecule has 0 saturated heterocycles. The van der Waals surface area contributed by atoms with Gasteiger partial charge in [-0.2, -0.15) is 0 Å². The molecule has 30 heavy (non-hydrogen) atoms. The van der Waals surface area contributed by atoms with Gasteiger partial charge in [0, 0.05) is 0 Å². The Bertz CT molecular complexity index is 935. The second kappa shape index (κ2) is 11.2. The van der Waals surface area contributed by atoms with Crippen LogP contribution < -0.4 is 21.2 Å². The summed E-state index contributed by atoms with van der Waals surface area (Å²) in [6.45, 7) is 0. The molecule has 0 heterocycles. The first-order chi connectivity index (χ1) is 14.9. The molecule has 154 valence electrons. The molecule has 0 spiro atoms. The van der Waals surface area contributed by atoms with Crippen LogP contribution in [0.3, 0.4) is 0 Å². The SMILES string of the molecule is [Cl][Ni][CH](CP(c1ccccc1)c1ccccc1)P(c1ccccc1)c1ccccc1. The zero-order valence-electron chi connectivity index (χ0n) is 16.4. The van der Waals surface area contributed by atoms with Gasteiger partial charge in [0.2, 0.25) is 0 Å². The summed E-state index contributed by atoms with van der Waals surface area (Å²) in [4.78, 5) is 0. The molecule has 4 heteroatoms. The van der Waals surface area contributed by atoms with Crippen molar-refractivity contribution in [3.8, 4) is 0 Å². The topological polar surface area (TPSA) is 0 Å². The predicted molar refractivity (Wildman–Crippen MR) is 133 cm³/mol. The van der Waals surface area contributed by atoms with Crippen molar-refractivity contribution in [3.63, 3.8) is 0 Å². The van der Waals surface area contributed by atoms with Gasteiger partial charge in [-0.3, -0.25) is 0 Å². The molecule has 0 aliphatic heterocycles. The zero-order valence-corrected chi connectivity index (χ0v) is 20.0. The monoisotopic (exact) mass is 490 g/mol. The van der Waals surface area contributed by atoms with Gasteiger partial charge < -0.3 is 0 Å². The molecule has 0 amide bonds. The van der Waals surface area contributed by atoms with Crippen molar-refractivity contribution in [1.82, 2.24) is 0 Å². The minimum absolute atomic E-state index is 0.338. The molecule has 4 aromatic carbocycles. The summed E-state index contributed by atoms with van der Waals surface area (Å²) in [5.41, 5.74) is 0. The Morgan fingerprint density at radius 2 is 0.867 bits per heavy atom. The molecule has 0 N–H and O–H groups in total. The molecule has 4 rings (SSSR count). The third-order valence-electron chi connectivity index (χ3n) is 4.87. The van der Waals surface area contributed by atoms with Crippen LogP contribution in [-0.2, 0) is 13.5 Å². The van der Waals surface area contributed by atoms with E-state index in [1.807, 2.05) is 0 Å². The third kappa shape index (κ3) is 5.41. The average Bonchev–Trinajstić information content (AvgIpc) is 2.84. The van der Waals surface area contributed by atoms with Crippen LogP contribution in [0.2, 0.25) is 0 Å². The van der Waals surface area contributed by atoms with E-state index in [9.17, 15) is 0 Å². The van der Waals surface area contributed by atoms with Gasteiger partial charge >= 0.3 is 193 Å².